The van der Waals surface area contributed by atoms with E-state index in [9.17, 15) is 0 Å². The molecule has 2 radical (unpaired) electrons. The first-order valence-electron chi connectivity index (χ1n) is 4.68. The third-order valence-corrected chi connectivity index (χ3v) is 3.39. The molecule has 3 heteroatoms. The maximum atomic E-state index is 5.86. The predicted molar refractivity (Wildman–Crippen MR) is 62.5 cm³/mol. The maximum absolute atomic E-state index is 5.86. The van der Waals surface area contributed by atoms with Crippen LogP contribution < -0.4 is 10.2 Å². The maximum Gasteiger partial charge on any atom is 0.141 e. The molecule has 0 aromatic heterocycles. The highest BCUT2D eigenvalue weighted by molar-refractivity contribution is 7.99. The smallest absolute Gasteiger partial charge is 0.141 e. The number of benzene rings is 2. The molecule has 1 heterocycles. The highest BCUT2D eigenvalue weighted by Crippen LogP contribution is 2.45. The van der Waals surface area contributed by atoms with Gasteiger partial charge in [-0.1, -0.05) is 41.5 Å². The lowest BCUT2D eigenvalue weighted by Crippen LogP contribution is -2.09. The Kier molecular flexibility index (Phi) is 1.99. The first-order valence-corrected chi connectivity index (χ1v) is 5.49. The molecule has 0 bridgehead atoms. The summed E-state index contributed by atoms with van der Waals surface area (Å²) in [6.07, 6.45) is 0. The topological polar surface area (TPSA) is 9.23 Å². The molecule has 2 aromatic carbocycles. The Labute approximate surface area is 93.9 Å². The highest BCUT2D eigenvalue weighted by atomic mass is 32.2. The fourth-order valence-electron chi connectivity index (χ4n) is 1.57. The van der Waals surface area contributed by atoms with E-state index in [0.29, 0.717) is 5.46 Å². The third-order valence-electron chi connectivity index (χ3n) is 2.29. The van der Waals surface area contributed by atoms with Gasteiger partial charge in [0.2, 0.25) is 0 Å². The van der Waals surface area contributed by atoms with Crippen LogP contribution in [0.1, 0.15) is 0 Å². The molecular weight excluding hydrogens is 203 g/mol. The van der Waals surface area contributed by atoms with Crippen LogP contribution in [0.5, 0.6) is 11.5 Å². The van der Waals surface area contributed by atoms with Crippen LogP contribution in [0.3, 0.4) is 0 Å². The van der Waals surface area contributed by atoms with E-state index in [1.165, 1.54) is 0 Å². The minimum absolute atomic E-state index is 0.689. The molecule has 0 N–H and O–H groups in total. The van der Waals surface area contributed by atoms with Gasteiger partial charge in [0, 0.05) is 0 Å². The second kappa shape index (κ2) is 3.35. The van der Waals surface area contributed by atoms with Crippen LogP contribution in [0.2, 0.25) is 0 Å². The Bertz CT molecular complexity index is 525. The number of hydrogen-bond donors (Lipinski definition) is 0. The quantitative estimate of drug-likeness (QED) is 0.527. The van der Waals surface area contributed by atoms with Crippen molar-refractivity contribution in [3.63, 3.8) is 0 Å². The second-order valence-corrected chi connectivity index (χ2v) is 4.41. The van der Waals surface area contributed by atoms with E-state index in [2.05, 4.69) is 0 Å². The van der Waals surface area contributed by atoms with Crippen molar-refractivity contribution in [2.24, 2.45) is 0 Å². The summed E-state index contributed by atoms with van der Waals surface area (Å²) in [6.45, 7) is 0. The van der Waals surface area contributed by atoms with Gasteiger partial charge in [0.25, 0.3) is 0 Å². The van der Waals surface area contributed by atoms with Crippen LogP contribution in [0, 0.1) is 0 Å². The van der Waals surface area contributed by atoms with Crippen molar-refractivity contribution < 1.29 is 4.74 Å². The Morgan fingerprint density at radius 3 is 2.67 bits per heavy atom. The summed E-state index contributed by atoms with van der Waals surface area (Å²) < 4.78 is 5.76. The van der Waals surface area contributed by atoms with Gasteiger partial charge in [0.15, 0.2) is 0 Å². The number of rotatable bonds is 0. The summed E-state index contributed by atoms with van der Waals surface area (Å²) in [4.78, 5) is 2.21. The molecule has 0 fully saturated rings. The average molecular weight is 210 g/mol. The van der Waals surface area contributed by atoms with E-state index < -0.39 is 0 Å². The lowest BCUT2D eigenvalue weighted by Gasteiger charge is -2.20. The lowest BCUT2D eigenvalue weighted by molar-refractivity contribution is 0.458. The summed E-state index contributed by atoms with van der Waals surface area (Å²) in [5, 5.41) is 0. The van der Waals surface area contributed by atoms with Gasteiger partial charge >= 0.3 is 0 Å². The standard InChI is InChI=1S/C12H7BOS/c13-8-4-3-7-11-12(8)14-9-5-1-2-6-10(9)15-11/h1-7H. The molecule has 3 rings (SSSR count). The molecule has 0 saturated heterocycles. The molecule has 1 aliphatic rings. The minimum Gasteiger partial charge on any atom is -0.456 e. The first-order chi connectivity index (χ1) is 7.34. The second-order valence-electron chi connectivity index (χ2n) is 3.33. The van der Waals surface area contributed by atoms with Crippen molar-refractivity contribution in [1.29, 1.82) is 0 Å². The van der Waals surface area contributed by atoms with Gasteiger partial charge in [-0.2, -0.15) is 0 Å². The summed E-state index contributed by atoms with van der Waals surface area (Å²) in [5.41, 5.74) is 0.689. The normalized spacial score (nSPS) is 12.5. The van der Waals surface area contributed by atoms with Gasteiger partial charge in [-0.15, -0.1) is 0 Å². The van der Waals surface area contributed by atoms with Crippen molar-refractivity contribution in [2.45, 2.75) is 9.79 Å². The van der Waals surface area contributed by atoms with Gasteiger partial charge in [-0.05, 0) is 18.2 Å². The van der Waals surface area contributed by atoms with Crippen molar-refractivity contribution in [3.05, 3.63) is 42.5 Å². The van der Waals surface area contributed by atoms with Crippen molar-refractivity contribution in [1.82, 2.24) is 0 Å². The largest absolute Gasteiger partial charge is 0.456 e. The molecule has 0 aliphatic carbocycles. The molecule has 0 spiro atoms. The zero-order chi connectivity index (χ0) is 10.3. The molecule has 1 nitrogen and oxygen atoms in total. The molecule has 70 valence electrons. The van der Waals surface area contributed by atoms with Gasteiger partial charge in [-0.3, -0.25) is 0 Å². The molecule has 2 aromatic rings. The van der Waals surface area contributed by atoms with E-state index in [-0.39, 0.29) is 0 Å². The van der Waals surface area contributed by atoms with Crippen molar-refractivity contribution in [2.75, 3.05) is 0 Å². The highest BCUT2D eigenvalue weighted by Gasteiger charge is 2.17. The Hall–Kier alpha value is -1.35. The Morgan fingerprint density at radius 2 is 1.73 bits per heavy atom. The van der Waals surface area contributed by atoms with Gasteiger partial charge in [0.05, 0.1) is 9.79 Å². The van der Waals surface area contributed by atoms with Crippen molar-refractivity contribution >= 4 is 25.1 Å². The molecular formula is C12H7BOS. The Morgan fingerprint density at radius 1 is 0.933 bits per heavy atom. The van der Waals surface area contributed by atoms with Crippen LogP contribution in [0.4, 0.5) is 0 Å². The molecule has 0 saturated carbocycles. The molecule has 0 amide bonds. The number of ether oxygens (including phenoxy) is 1. The van der Waals surface area contributed by atoms with Crippen LogP contribution in [0.25, 0.3) is 0 Å². The Balaban J connectivity index is 2.15. The lowest BCUT2D eigenvalue weighted by atomic mass is 9.95. The van der Waals surface area contributed by atoms with E-state index in [0.717, 1.165) is 21.3 Å². The van der Waals surface area contributed by atoms with Crippen LogP contribution in [-0.2, 0) is 0 Å². The molecule has 0 atom stereocenters. The fourth-order valence-corrected chi connectivity index (χ4v) is 2.56. The van der Waals surface area contributed by atoms with Crippen LogP contribution in [0.15, 0.2) is 52.3 Å². The third kappa shape index (κ3) is 1.43. The van der Waals surface area contributed by atoms with Gasteiger partial charge < -0.3 is 4.74 Å². The molecule has 0 unspecified atom stereocenters. The number of para-hydroxylation sites is 2. The van der Waals surface area contributed by atoms with Crippen molar-refractivity contribution in [3.8, 4) is 11.5 Å². The van der Waals surface area contributed by atoms with Crippen LogP contribution in [-0.4, -0.2) is 7.85 Å². The zero-order valence-corrected chi connectivity index (χ0v) is 8.75. The zero-order valence-electron chi connectivity index (χ0n) is 7.94. The van der Waals surface area contributed by atoms with Gasteiger partial charge in [0.1, 0.15) is 19.3 Å². The average Bonchev–Trinajstić information content (AvgIpc) is 2.27. The first kappa shape index (κ1) is 8.92. The van der Waals surface area contributed by atoms with E-state index in [1.54, 1.807) is 11.8 Å². The molecule has 15 heavy (non-hydrogen) atoms. The summed E-state index contributed by atoms with van der Waals surface area (Å²) in [6, 6.07) is 13.8. The summed E-state index contributed by atoms with van der Waals surface area (Å²) >= 11 is 1.69. The number of hydrogen-bond acceptors (Lipinski definition) is 2. The summed E-state index contributed by atoms with van der Waals surface area (Å²) in [7, 11) is 5.86. The fraction of sp³-hybridized carbons (Fsp3) is 0. The van der Waals surface area contributed by atoms with E-state index >= 15 is 0 Å². The van der Waals surface area contributed by atoms with E-state index in [4.69, 9.17) is 12.6 Å². The predicted octanol–water partition coefficient (Wildman–Crippen LogP) is 2.74. The number of fused-ring (bicyclic) bond motifs is 2. The monoisotopic (exact) mass is 210 g/mol. The van der Waals surface area contributed by atoms with Gasteiger partial charge in [-0.25, -0.2) is 0 Å². The van der Waals surface area contributed by atoms with E-state index in [1.807, 2.05) is 42.5 Å². The minimum atomic E-state index is 0.689. The SMILES string of the molecule is [B]c1cccc2c1Oc1ccccc1S2. The summed E-state index contributed by atoms with van der Waals surface area (Å²) in [5.74, 6) is 1.66. The van der Waals surface area contributed by atoms with Crippen LogP contribution >= 0.6 is 11.8 Å². The molecule has 1 aliphatic heterocycles.